The first kappa shape index (κ1) is 38.1. The number of furan rings is 1. The third-order valence-corrected chi connectivity index (χ3v) is 23.3. The normalized spacial score (nSPS) is 13.5. The summed E-state index contributed by atoms with van der Waals surface area (Å²) in [5, 5.41) is 12.7. The van der Waals surface area contributed by atoms with Crippen LogP contribution in [-0.2, 0) is 0 Å². The maximum atomic E-state index is 6.88. The molecule has 0 atom stereocenters. The number of nitrogens with zero attached hydrogens (tertiary/aromatic N) is 1. The van der Waals surface area contributed by atoms with Gasteiger partial charge in [-0.1, -0.05) is 203 Å². The van der Waals surface area contributed by atoms with E-state index in [1.54, 1.807) is 0 Å². The van der Waals surface area contributed by atoms with Crippen molar-refractivity contribution < 1.29 is 4.42 Å². The number of fused-ring (bicyclic) bond motifs is 11. The molecular weight excluding hydrogens is 839 g/mol. The summed E-state index contributed by atoms with van der Waals surface area (Å²) in [6.07, 6.45) is 0. The van der Waals surface area contributed by atoms with Crippen LogP contribution >= 0.6 is 11.8 Å². The second kappa shape index (κ2) is 15.4. The summed E-state index contributed by atoms with van der Waals surface area (Å²) >= 11 is 1.93. The van der Waals surface area contributed by atoms with E-state index in [9.17, 15) is 0 Å². The van der Waals surface area contributed by atoms with Crippen molar-refractivity contribution in [3.05, 3.63) is 243 Å². The molecule has 0 saturated heterocycles. The van der Waals surface area contributed by atoms with E-state index in [2.05, 4.69) is 248 Å². The zero-order valence-corrected chi connectivity index (χ0v) is 38.2. The van der Waals surface area contributed by atoms with Crippen molar-refractivity contribution in [1.82, 2.24) is 0 Å². The zero-order valence-electron chi connectivity index (χ0n) is 35.4. The van der Waals surface area contributed by atoms with Crippen molar-refractivity contribution >= 4 is 104 Å². The molecule has 2 aliphatic heterocycles. The van der Waals surface area contributed by atoms with E-state index in [4.69, 9.17) is 4.42 Å². The fraction of sp³-hybridized carbons (Fsp3) is 0. The molecule has 65 heavy (non-hydrogen) atoms. The van der Waals surface area contributed by atoms with Crippen molar-refractivity contribution in [3.8, 4) is 22.3 Å². The van der Waals surface area contributed by atoms with Crippen LogP contribution in [0.5, 0.6) is 0 Å². The SMILES string of the molecule is c1ccc(-c2ccc(N(c3ccccc3)c3ccc4c(c3)oc3cc(-c5ccc6c(c5)[Si]5(c7ccccc7Sc7ccccc75)c5ccccc5[Si]6c5ccccc5)ccc34)cc2)cc1. The van der Waals surface area contributed by atoms with Gasteiger partial charge in [0, 0.05) is 43.7 Å². The second-order valence-corrected chi connectivity index (χ2v) is 24.1. The lowest BCUT2D eigenvalue weighted by Gasteiger charge is -2.46. The molecule has 1 aromatic heterocycles. The Labute approximate surface area is 385 Å². The van der Waals surface area contributed by atoms with Crippen molar-refractivity contribution in [2.75, 3.05) is 4.90 Å². The summed E-state index contributed by atoms with van der Waals surface area (Å²) in [5.41, 5.74) is 9.75. The maximum Gasteiger partial charge on any atom is 0.181 e. The third kappa shape index (κ3) is 6.08. The van der Waals surface area contributed by atoms with Crippen LogP contribution < -0.4 is 41.2 Å². The van der Waals surface area contributed by atoms with Crippen molar-refractivity contribution in [1.29, 1.82) is 0 Å². The molecule has 2 nitrogen and oxygen atoms in total. The highest BCUT2D eigenvalue weighted by molar-refractivity contribution is 8.00. The number of hydrogen-bond donors (Lipinski definition) is 0. The molecular formula is C60H40NOSSi2. The van der Waals surface area contributed by atoms with Crippen molar-refractivity contribution in [2.45, 2.75) is 9.79 Å². The molecule has 2 aliphatic rings. The fourth-order valence-electron chi connectivity index (χ4n) is 10.6. The van der Waals surface area contributed by atoms with E-state index >= 15 is 0 Å². The monoisotopic (exact) mass is 878 g/mol. The molecule has 305 valence electrons. The van der Waals surface area contributed by atoms with E-state index < -0.39 is 16.9 Å². The third-order valence-electron chi connectivity index (χ3n) is 13.5. The molecule has 0 unspecified atom stereocenters. The first-order valence-corrected chi connectivity index (χ1v) is 26.6. The van der Waals surface area contributed by atoms with Crippen LogP contribution in [0.2, 0.25) is 0 Å². The molecule has 3 heterocycles. The molecule has 13 rings (SSSR count). The highest BCUT2D eigenvalue weighted by Gasteiger charge is 2.53. The molecule has 0 N–H and O–H groups in total. The largest absolute Gasteiger partial charge is 0.456 e. The van der Waals surface area contributed by atoms with Crippen LogP contribution in [0.1, 0.15) is 0 Å². The fourth-order valence-corrected chi connectivity index (χ4v) is 22.3. The molecule has 11 aromatic rings. The van der Waals surface area contributed by atoms with Gasteiger partial charge in [-0.25, -0.2) is 0 Å². The molecule has 1 radical (unpaired) electrons. The number of para-hydroxylation sites is 1. The Morgan fingerprint density at radius 2 is 0.846 bits per heavy atom. The van der Waals surface area contributed by atoms with Gasteiger partial charge in [-0.3, -0.25) is 0 Å². The van der Waals surface area contributed by atoms with Crippen LogP contribution in [0.15, 0.2) is 257 Å². The lowest BCUT2D eigenvalue weighted by atomic mass is 10.0. The van der Waals surface area contributed by atoms with E-state index in [-0.39, 0.29) is 0 Å². The van der Waals surface area contributed by atoms with Crippen LogP contribution in [0.25, 0.3) is 44.2 Å². The van der Waals surface area contributed by atoms with Gasteiger partial charge in [0.15, 0.2) is 16.9 Å². The summed E-state index contributed by atoms with van der Waals surface area (Å²) in [6.45, 7) is 0. The topological polar surface area (TPSA) is 16.4 Å². The molecule has 5 heteroatoms. The predicted octanol–water partition coefficient (Wildman–Crippen LogP) is 11.1. The van der Waals surface area contributed by atoms with Gasteiger partial charge >= 0.3 is 0 Å². The smallest absolute Gasteiger partial charge is 0.181 e. The Kier molecular flexibility index (Phi) is 9.01. The Morgan fingerprint density at radius 3 is 1.57 bits per heavy atom. The van der Waals surface area contributed by atoms with Gasteiger partial charge in [-0.05, 0) is 104 Å². The Hall–Kier alpha value is -7.42. The van der Waals surface area contributed by atoms with E-state index in [1.165, 1.54) is 62.8 Å². The van der Waals surface area contributed by atoms with Gasteiger partial charge in [-0.2, -0.15) is 0 Å². The van der Waals surface area contributed by atoms with Crippen molar-refractivity contribution in [3.63, 3.8) is 0 Å². The molecule has 0 bridgehead atoms. The highest BCUT2D eigenvalue weighted by atomic mass is 32.2. The standard InChI is InChI=1S/C60H40NOSSi2/c1-4-16-41(17-5-1)42-28-32-46(33-29-42)61(45-18-6-2-7-19-45)47-34-36-50-49-35-30-43(38-51(49)62-52(50)40-47)44-31-37-56-60(39-44)65(57-25-13-10-22-53(57)63-54-23-11-14-26-58(54)65)59-27-15-12-24-55(59)64(56)48-20-8-3-9-21-48/h1-40H. The van der Waals surface area contributed by atoms with Gasteiger partial charge in [0.25, 0.3) is 0 Å². The molecule has 10 aromatic carbocycles. The Morgan fingerprint density at radius 1 is 0.354 bits per heavy atom. The molecule has 0 saturated carbocycles. The van der Waals surface area contributed by atoms with Gasteiger partial charge in [0.05, 0.1) is 0 Å². The maximum absolute atomic E-state index is 6.88. The number of benzene rings is 10. The van der Waals surface area contributed by atoms with Crippen molar-refractivity contribution in [2.24, 2.45) is 0 Å². The summed E-state index contributed by atoms with van der Waals surface area (Å²) < 4.78 is 6.88. The van der Waals surface area contributed by atoms with Crippen LogP contribution in [0.3, 0.4) is 0 Å². The Bertz CT molecular complexity index is 3540. The van der Waals surface area contributed by atoms with Crippen LogP contribution in [-0.4, -0.2) is 16.9 Å². The van der Waals surface area contributed by atoms with Gasteiger partial charge in [0.1, 0.15) is 11.2 Å². The minimum absolute atomic E-state index is 0.868. The van der Waals surface area contributed by atoms with Crippen LogP contribution in [0, 0.1) is 0 Å². The summed E-state index contributed by atoms with van der Waals surface area (Å²) in [7, 11) is -4.12. The first-order chi connectivity index (χ1) is 32.2. The van der Waals surface area contributed by atoms with Gasteiger partial charge in [-0.15, -0.1) is 0 Å². The van der Waals surface area contributed by atoms with Crippen LogP contribution in [0.4, 0.5) is 17.1 Å². The molecule has 1 spiro atoms. The minimum atomic E-state index is -2.79. The second-order valence-electron chi connectivity index (χ2n) is 17.0. The predicted molar refractivity (Wildman–Crippen MR) is 278 cm³/mol. The summed E-state index contributed by atoms with van der Waals surface area (Å²) in [4.78, 5) is 5.05. The summed E-state index contributed by atoms with van der Waals surface area (Å²) in [6, 6.07) is 90.1. The highest BCUT2D eigenvalue weighted by Crippen LogP contribution is 2.40. The molecule has 0 amide bonds. The number of hydrogen-bond acceptors (Lipinski definition) is 3. The zero-order chi connectivity index (χ0) is 42.9. The Balaban J connectivity index is 0.963. The van der Waals surface area contributed by atoms with Gasteiger partial charge < -0.3 is 9.32 Å². The number of anilines is 3. The first-order valence-electron chi connectivity index (χ1n) is 22.2. The van der Waals surface area contributed by atoms with E-state index in [0.717, 1.165) is 44.6 Å². The number of rotatable bonds is 6. The average Bonchev–Trinajstić information content (AvgIpc) is 3.75. The summed E-state index contributed by atoms with van der Waals surface area (Å²) in [5.74, 6) is 0. The van der Waals surface area contributed by atoms with E-state index in [1.807, 2.05) is 11.8 Å². The minimum Gasteiger partial charge on any atom is -0.456 e. The molecule has 0 fully saturated rings. The van der Waals surface area contributed by atoms with E-state index in [0.29, 0.717) is 0 Å². The van der Waals surface area contributed by atoms with Gasteiger partial charge in [0.2, 0.25) is 0 Å². The lowest BCUT2D eigenvalue weighted by Crippen LogP contribution is -2.87. The molecule has 0 aliphatic carbocycles. The quantitative estimate of drug-likeness (QED) is 0.155. The average molecular weight is 879 g/mol. The lowest BCUT2D eigenvalue weighted by molar-refractivity contribution is 0.669.